The van der Waals surface area contributed by atoms with Crippen molar-refractivity contribution in [2.45, 2.75) is 0 Å². The van der Waals surface area contributed by atoms with Crippen molar-refractivity contribution in [3.05, 3.63) is 64.9 Å². The molecule has 0 N–H and O–H groups in total. The number of ether oxygens (including phenoxy) is 1. The van der Waals surface area contributed by atoms with Crippen LogP contribution >= 0.6 is 15.9 Å². The summed E-state index contributed by atoms with van der Waals surface area (Å²) in [6, 6.07) is 12.9. The van der Waals surface area contributed by atoms with Crippen molar-refractivity contribution in [2.75, 3.05) is 6.61 Å². The lowest BCUT2D eigenvalue weighted by Gasteiger charge is -1.99. The molecule has 1 heterocycles. The van der Waals surface area contributed by atoms with Crippen LogP contribution in [-0.4, -0.2) is 12.6 Å². The van der Waals surface area contributed by atoms with E-state index in [0.29, 0.717) is 11.5 Å². The van der Waals surface area contributed by atoms with Gasteiger partial charge in [-0.05, 0) is 24.3 Å². The smallest absolute Gasteiger partial charge is 0.349 e. The number of rotatable bonds is 5. The van der Waals surface area contributed by atoms with Gasteiger partial charge in [0.25, 0.3) is 0 Å². The molecular weight excluding hydrogens is 346 g/mol. The van der Waals surface area contributed by atoms with Crippen LogP contribution in [0.25, 0.3) is 17.4 Å². The van der Waals surface area contributed by atoms with Crippen molar-refractivity contribution >= 4 is 28.0 Å². The van der Waals surface area contributed by atoms with Gasteiger partial charge in [-0.25, -0.2) is 4.79 Å². The number of hydrogen-bond acceptors (Lipinski definition) is 4. The molecule has 0 aliphatic heterocycles. The van der Waals surface area contributed by atoms with Gasteiger partial charge >= 0.3 is 5.97 Å². The van der Waals surface area contributed by atoms with Crippen molar-refractivity contribution in [3.8, 4) is 17.4 Å². The van der Waals surface area contributed by atoms with Gasteiger partial charge in [0.2, 0.25) is 0 Å². The fourth-order valence-corrected chi connectivity index (χ4v) is 1.96. The number of furan rings is 1. The SMILES string of the molecule is C=CCOC(=O)/C(C#N)=C\c1ccc(-c2ccc(Br)cc2)o1. The summed E-state index contributed by atoms with van der Waals surface area (Å²) in [7, 11) is 0. The maximum atomic E-state index is 11.6. The quantitative estimate of drug-likeness (QED) is 0.345. The molecule has 1 aromatic heterocycles. The normalized spacial score (nSPS) is 10.8. The van der Waals surface area contributed by atoms with Gasteiger partial charge in [0.15, 0.2) is 0 Å². The molecule has 0 saturated heterocycles. The van der Waals surface area contributed by atoms with Gasteiger partial charge in [0, 0.05) is 16.1 Å². The minimum Gasteiger partial charge on any atom is -0.457 e. The lowest BCUT2D eigenvalue weighted by Crippen LogP contribution is -2.06. The van der Waals surface area contributed by atoms with Gasteiger partial charge in [-0.2, -0.15) is 5.26 Å². The van der Waals surface area contributed by atoms with Crippen molar-refractivity contribution in [3.63, 3.8) is 0 Å². The molecule has 0 bridgehead atoms. The number of halogens is 1. The number of nitrogens with zero attached hydrogens (tertiary/aromatic N) is 1. The fraction of sp³-hybridized carbons (Fsp3) is 0.0588. The van der Waals surface area contributed by atoms with Crippen LogP contribution in [0.5, 0.6) is 0 Å². The second-order valence-corrected chi connectivity index (χ2v) is 5.18. The highest BCUT2D eigenvalue weighted by atomic mass is 79.9. The average Bonchev–Trinajstić information content (AvgIpc) is 2.99. The highest BCUT2D eigenvalue weighted by molar-refractivity contribution is 9.10. The molecule has 0 unspecified atom stereocenters. The molecular formula is C17H12BrNO3. The van der Waals surface area contributed by atoms with E-state index in [1.54, 1.807) is 18.2 Å². The summed E-state index contributed by atoms with van der Waals surface area (Å²) in [5.74, 6) is 0.351. The largest absolute Gasteiger partial charge is 0.457 e. The molecule has 0 fully saturated rings. The third-order valence-corrected chi connectivity index (χ3v) is 3.24. The van der Waals surface area contributed by atoms with Gasteiger partial charge in [-0.15, -0.1) is 0 Å². The van der Waals surface area contributed by atoms with Gasteiger partial charge < -0.3 is 9.15 Å². The summed E-state index contributed by atoms with van der Waals surface area (Å²) in [6.07, 6.45) is 2.79. The van der Waals surface area contributed by atoms with Gasteiger partial charge in [-0.3, -0.25) is 0 Å². The summed E-state index contributed by atoms with van der Waals surface area (Å²) in [5.41, 5.74) is 0.772. The Hall–Kier alpha value is -2.58. The number of esters is 1. The Balaban J connectivity index is 2.21. The molecule has 22 heavy (non-hydrogen) atoms. The van der Waals surface area contributed by atoms with Crippen molar-refractivity contribution < 1.29 is 13.9 Å². The molecule has 0 aliphatic carbocycles. The van der Waals surface area contributed by atoms with E-state index in [1.807, 2.05) is 24.3 Å². The summed E-state index contributed by atoms with van der Waals surface area (Å²) < 4.78 is 11.4. The Labute approximate surface area is 136 Å². The third kappa shape index (κ3) is 3.96. The Kier molecular flexibility index (Phi) is 5.34. The number of benzene rings is 1. The first-order valence-corrected chi connectivity index (χ1v) is 7.19. The van der Waals surface area contributed by atoms with E-state index in [-0.39, 0.29) is 12.2 Å². The number of carbonyl (C=O) groups is 1. The minimum atomic E-state index is -0.705. The van der Waals surface area contributed by atoms with Crippen LogP contribution in [-0.2, 0) is 9.53 Å². The zero-order valence-corrected chi connectivity index (χ0v) is 13.2. The van der Waals surface area contributed by atoms with Crippen LogP contribution in [0.4, 0.5) is 0 Å². The maximum Gasteiger partial charge on any atom is 0.349 e. The van der Waals surface area contributed by atoms with Gasteiger partial charge in [0.05, 0.1) is 0 Å². The lowest BCUT2D eigenvalue weighted by atomic mass is 10.2. The highest BCUT2D eigenvalue weighted by Gasteiger charge is 2.11. The molecule has 0 amide bonds. The number of nitriles is 1. The predicted molar refractivity (Wildman–Crippen MR) is 86.6 cm³/mol. The Morgan fingerprint density at radius 2 is 2.05 bits per heavy atom. The molecule has 2 rings (SSSR count). The van der Waals surface area contributed by atoms with E-state index in [4.69, 9.17) is 14.4 Å². The van der Waals surface area contributed by atoms with Crippen LogP contribution in [0.3, 0.4) is 0 Å². The topological polar surface area (TPSA) is 63.2 Å². The van der Waals surface area contributed by atoms with Crippen LogP contribution in [0.1, 0.15) is 5.76 Å². The van der Waals surface area contributed by atoms with E-state index in [1.165, 1.54) is 12.2 Å². The molecule has 2 aromatic rings. The average molecular weight is 358 g/mol. The second-order valence-electron chi connectivity index (χ2n) is 4.27. The number of hydrogen-bond donors (Lipinski definition) is 0. The van der Waals surface area contributed by atoms with Crippen LogP contribution in [0.2, 0.25) is 0 Å². The molecule has 0 saturated carbocycles. The Bertz CT molecular complexity index is 751. The van der Waals surface area contributed by atoms with Gasteiger partial charge in [0.1, 0.15) is 29.8 Å². The third-order valence-electron chi connectivity index (χ3n) is 2.71. The summed E-state index contributed by atoms with van der Waals surface area (Å²) in [5, 5.41) is 9.02. The predicted octanol–water partition coefficient (Wildman–Crippen LogP) is 4.35. The first-order valence-electron chi connectivity index (χ1n) is 6.39. The van der Waals surface area contributed by atoms with Crippen LogP contribution in [0, 0.1) is 11.3 Å². The van der Waals surface area contributed by atoms with E-state index >= 15 is 0 Å². The zero-order valence-electron chi connectivity index (χ0n) is 11.6. The van der Waals surface area contributed by atoms with E-state index in [2.05, 4.69) is 22.5 Å². The second kappa shape index (κ2) is 7.43. The summed E-state index contributed by atoms with van der Waals surface area (Å²) in [4.78, 5) is 11.6. The molecule has 0 aliphatic rings. The molecule has 4 nitrogen and oxygen atoms in total. The van der Waals surface area contributed by atoms with E-state index in [9.17, 15) is 4.79 Å². The van der Waals surface area contributed by atoms with Crippen LogP contribution < -0.4 is 0 Å². The minimum absolute atomic E-state index is 0.0557. The molecule has 0 atom stereocenters. The standard InChI is InChI=1S/C17H12BrNO3/c1-2-9-21-17(20)13(11-19)10-15-7-8-16(22-15)12-3-5-14(18)6-4-12/h2-8,10H,1,9H2/b13-10-. The molecule has 5 heteroatoms. The van der Waals surface area contributed by atoms with E-state index < -0.39 is 5.97 Å². The monoisotopic (exact) mass is 357 g/mol. The zero-order chi connectivity index (χ0) is 15.9. The van der Waals surface area contributed by atoms with Crippen LogP contribution in [0.15, 0.2) is 63.5 Å². The van der Waals surface area contributed by atoms with Crippen molar-refractivity contribution in [1.29, 1.82) is 5.26 Å². The molecule has 0 radical (unpaired) electrons. The molecule has 110 valence electrons. The first-order chi connectivity index (χ1) is 10.6. The van der Waals surface area contributed by atoms with Gasteiger partial charge in [-0.1, -0.05) is 40.7 Å². The Morgan fingerprint density at radius 3 is 2.68 bits per heavy atom. The summed E-state index contributed by atoms with van der Waals surface area (Å²) >= 11 is 3.37. The fourth-order valence-electron chi connectivity index (χ4n) is 1.69. The maximum absolute atomic E-state index is 11.6. The Morgan fingerprint density at radius 1 is 1.32 bits per heavy atom. The number of carbonyl (C=O) groups excluding carboxylic acids is 1. The first kappa shape index (κ1) is 15.8. The van der Waals surface area contributed by atoms with Crippen molar-refractivity contribution in [2.24, 2.45) is 0 Å². The molecule has 1 aromatic carbocycles. The lowest BCUT2D eigenvalue weighted by molar-refractivity contribution is -0.137. The van der Waals surface area contributed by atoms with E-state index in [0.717, 1.165) is 10.0 Å². The summed E-state index contributed by atoms with van der Waals surface area (Å²) in [6.45, 7) is 3.50. The van der Waals surface area contributed by atoms with Crippen molar-refractivity contribution in [1.82, 2.24) is 0 Å². The molecule has 0 spiro atoms. The highest BCUT2D eigenvalue weighted by Crippen LogP contribution is 2.25.